The summed E-state index contributed by atoms with van der Waals surface area (Å²) in [6, 6.07) is 6.29. The minimum Gasteiger partial charge on any atom is -0.504 e. The smallest absolute Gasteiger partial charge is 0.338 e. The molecule has 5 aromatic carbocycles. The van der Waals surface area contributed by atoms with Crippen LogP contribution in [0.25, 0.3) is 0 Å². The third-order valence-electron chi connectivity index (χ3n) is 10.0. The molecule has 0 saturated carbocycles. The Morgan fingerprint density at radius 2 is 0.594 bits per heavy atom. The Morgan fingerprint density at radius 1 is 0.348 bits per heavy atom. The molecule has 0 aliphatic carbocycles. The highest BCUT2D eigenvalue weighted by Crippen LogP contribution is 2.41. The molecular formula is C43H36O26. The molecule has 0 bridgehead atoms. The van der Waals surface area contributed by atoms with Gasteiger partial charge in [-0.15, -0.1) is 0 Å². The number of ether oxygens (including phenoxy) is 6. The maximum atomic E-state index is 14.0. The highest BCUT2D eigenvalue weighted by molar-refractivity contribution is 5.94. The van der Waals surface area contributed by atoms with E-state index in [-0.39, 0.29) is 0 Å². The minimum atomic E-state index is -2.33. The van der Waals surface area contributed by atoms with Gasteiger partial charge in [0.1, 0.15) is 18.8 Å². The molecular weight excluding hydrogens is 932 g/mol. The highest BCUT2D eigenvalue weighted by atomic mass is 16.7. The first-order chi connectivity index (χ1) is 32.4. The zero-order valence-electron chi connectivity index (χ0n) is 34.5. The summed E-state index contributed by atoms with van der Waals surface area (Å²) >= 11 is 0. The van der Waals surface area contributed by atoms with Gasteiger partial charge in [-0.3, -0.25) is 0 Å². The van der Waals surface area contributed by atoms with Gasteiger partial charge in [0, 0.05) is 6.42 Å². The van der Waals surface area contributed by atoms with E-state index < -0.39 is 194 Å². The Bertz CT molecular complexity index is 2760. The van der Waals surface area contributed by atoms with Crippen molar-refractivity contribution >= 4 is 29.8 Å². The lowest BCUT2D eigenvalue weighted by Gasteiger charge is -2.44. The van der Waals surface area contributed by atoms with E-state index in [4.69, 9.17) is 28.4 Å². The maximum absolute atomic E-state index is 14.0. The Hall–Kier alpha value is -9.59. The van der Waals surface area contributed by atoms with Crippen LogP contribution in [-0.4, -0.2) is 150 Å². The van der Waals surface area contributed by atoms with Crippen LogP contribution in [0.1, 0.15) is 58.2 Å². The van der Waals surface area contributed by atoms with E-state index >= 15 is 0 Å². The molecule has 0 aromatic heterocycles. The van der Waals surface area contributed by atoms with E-state index in [9.17, 15) is 101 Å². The number of hydrogen-bond acceptors (Lipinski definition) is 26. The first kappa shape index (κ1) is 48.9. The lowest BCUT2D eigenvalue weighted by molar-refractivity contribution is -0.231. The van der Waals surface area contributed by atoms with Crippen LogP contribution < -0.4 is 0 Å². The Morgan fingerprint density at radius 3 is 0.899 bits per heavy atom. The predicted octanol–water partition coefficient (Wildman–Crippen LogP) is 2.12. The summed E-state index contributed by atoms with van der Waals surface area (Å²) in [4.78, 5) is 68.0. The van der Waals surface area contributed by atoms with Crippen LogP contribution in [0.15, 0.2) is 60.7 Å². The number of phenols is 15. The number of rotatable bonds is 13. The van der Waals surface area contributed by atoms with Crippen LogP contribution in [0.4, 0.5) is 0 Å². The van der Waals surface area contributed by atoms with Crippen molar-refractivity contribution in [3.8, 4) is 86.2 Å². The summed E-state index contributed by atoms with van der Waals surface area (Å²) in [5.74, 6) is -22.9. The zero-order valence-corrected chi connectivity index (χ0v) is 34.5. The second-order valence-corrected chi connectivity index (χ2v) is 14.7. The zero-order chi connectivity index (χ0) is 50.8. The molecule has 1 fully saturated rings. The van der Waals surface area contributed by atoms with Crippen LogP contribution in [0.5, 0.6) is 86.2 Å². The van der Waals surface area contributed by atoms with Crippen LogP contribution in [0.2, 0.25) is 0 Å². The number of carbonyl (C=O) groups is 5. The topological polar surface area (TPSA) is 444 Å². The van der Waals surface area contributed by atoms with E-state index in [1.54, 1.807) is 0 Å². The van der Waals surface area contributed by atoms with Gasteiger partial charge in [0.25, 0.3) is 0 Å². The summed E-state index contributed by atoms with van der Waals surface area (Å²) in [5.41, 5.74) is -3.36. The first-order valence-corrected chi connectivity index (χ1v) is 19.3. The van der Waals surface area contributed by atoms with Gasteiger partial charge in [0.15, 0.2) is 105 Å². The van der Waals surface area contributed by atoms with Crippen molar-refractivity contribution in [3.63, 3.8) is 0 Å². The maximum Gasteiger partial charge on any atom is 0.338 e. The molecule has 5 atom stereocenters. The molecule has 0 radical (unpaired) electrons. The van der Waals surface area contributed by atoms with E-state index in [1.165, 1.54) is 0 Å². The van der Waals surface area contributed by atoms with E-state index in [2.05, 4.69) is 0 Å². The quantitative estimate of drug-likeness (QED) is 0.0456. The molecule has 364 valence electrons. The summed E-state index contributed by atoms with van der Waals surface area (Å²) in [6.07, 6.45) is -11.3. The molecule has 1 aliphatic heterocycles. The number of hydrogen-bond donors (Lipinski definition) is 15. The molecule has 26 heteroatoms. The van der Waals surface area contributed by atoms with Crippen LogP contribution in [0, 0.1) is 0 Å². The second kappa shape index (κ2) is 19.5. The standard InChI is InChI=1S/C43H36O26/c44-19-3-14(4-20(45)31(19)54)39(59)64-2-1-29-36(67-41(61)16-7-23(48)33(56)24(49)8-16)38(69-43(63)18-11-27(52)35(58)28(53)12-18)37(68-42(62)17-9-25(50)34(57)26(51)10-17)30(66-29)13-65-40(60)15-5-21(46)32(55)22(47)6-15/h3-12,29-30,36-38,44-58H,1-2,13H2/t29?,30-,36+,37-,38-/m1/s1. The van der Waals surface area contributed by atoms with Gasteiger partial charge in [0.05, 0.1) is 34.4 Å². The Kier molecular flexibility index (Phi) is 13.8. The fourth-order valence-corrected chi connectivity index (χ4v) is 6.55. The Labute approximate surface area is 383 Å². The number of benzene rings is 5. The van der Waals surface area contributed by atoms with Crippen molar-refractivity contribution in [2.45, 2.75) is 36.9 Å². The molecule has 69 heavy (non-hydrogen) atoms. The summed E-state index contributed by atoms with van der Waals surface area (Å²) < 4.78 is 33.8. The lowest BCUT2D eigenvalue weighted by Crippen LogP contribution is -2.62. The normalized spacial score (nSPS) is 17.5. The van der Waals surface area contributed by atoms with E-state index in [1.807, 2.05) is 0 Å². The molecule has 0 amide bonds. The van der Waals surface area contributed by atoms with Gasteiger partial charge in [-0.05, 0) is 60.7 Å². The van der Waals surface area contributed by atoms with Crippen LogP contribution >= 0.6 is 0 Å². The van der Waals surface area contributed by atoms with Crippen molar-refractivity contribution < 1.29 is 129 Å². The van der Waals surface area contributed by atoms with Crippen LogP contribution in [-0.2, 0) is 28.4 Å². The SMILES string of the molecule is O=C(OCCC1O[C@H](COC(=O)c2cc(O)c(O)c(O)c2)[C@@H](OC(=O)c2cc(O)c(O)c(O)c2)[C@H](OC(=O)c2cc(O)c(O)c(O)c2)[C@H]1OC(=O)c1cc(O)c(O)c(O)c1)c1cc(O)c(O)c(O)c1. The third kappa shape index (κ3) is 10.4. The van der Waals surface area contributed by atoms with Gasteiger partial charge >= 0.3 is 29.8 Å². The van der Waals surface area contributed by atoms with Gasteiger partial charge < -0.3 is 105 Å². The van der Waals surface area contributed by atoms with Gasteiger partial charge in [-0.2, -0.15) is 0 Å². The minimum absolute atomic E-state index is 0.524. The largest absolute Gasteiger partial charge is 0.504 e. The van der Waals surface area contributed by atoms with Crippen molar-refractivity contribution in [2.75, 3.05) is 13.2 Å². The van der Waals surface area contributed by atoms with Gasteiger partial charge in [-0.25, -0.2) is 24.0 Å². The average Bonchev–Trinajstić information content (AvgIpc) is 3.29. The number of esters is 5. The van der Waals surface area contributed by atoms with Crippen molar-refractivity contribution in [1.82, 2.24) is 0 Å². The monoisotopic (exact) mass is 968 g/mol. The molecule has 1 saturated heterocycles. The van der Waals surface area contributed by atoms with Crippen molar-refractivity contribution in [2.24, 2.45) is 0 Å². The molecule has 5 aromatic rings. The second-order valence-electron chi connectivity index (χ2n) is 14.7. The molecule has 15 N–H and O–H groups in total. The lowest BCUT2D eigenvalue weighted by atomic mass is 9.92. The molecule has 0 spiro atoms. The predicted molar refractivity (Wildman–Crippen MR) is 219 cm³/mol. The van der Waals surface area contributed by atoms with Gasteiger partial charge in [0.2, 0.25) is 0 Å². The number of carbonyl (C=O) groups excluding carboxylic acids is 5. The number of phenolic OH excluding ortho intramolecular Hbond substituents is 15. The Balaban J connectivity index is 1.47. The third-order valence-corrected chi connectivity index (χ3v) is 10.0. The summed E-state index contributed by atoms with van der Waals surface area (Å²) in [5, 5.41) is 150. The van der Waals surface area contributed by atoms with Crippen molar-refractivity contribution in [1.29, 1.82) is 0 Å². The molecule has 1 heterocycles. The molecule has 1 aliphatic rings. The van der Waals surface area contributed by atoms with Crippen molar-refractivity contribution in [3.05, 3.63) is 88.5 Å². The molecule has 6 rings (SSSR count). The summed E-state index contributed by atoms with van der Waals surface area (Å²) in [6.45, 7) is -1.93. The fourth-order valence-electron chi connectivity index (χ4n) is 6.55. The fraction of sp³-hybridized carbons (Fsp3) is 0.186. The summed E-state index contributed by atoms with van der Waals surface area (Å²) in [7, 11) is 0. The average molecular weight is 969 g/mol. The highest BCUT2D eigenvalue weighted by Gasteiger charge is 2.53. The van der Waals surface area contributed by atoms with E-state index in [0.29, 0.717) is 60.7 Å². The van der Waals surface area contributed by atoms with E-state index in [0.717, 1.165) is 0 Å². The molecule has 26 nitrogen and oxygen atoms in total. The van der Waals surface area contributed by atoms with Crippen LogP contribution in [0.3, 0.4) is 0 Å². The molecule has 1 unspecified atom stereocenters. The number of aromatic hydroxyl groups is 15. The first-order valence-electron chi connectivity index (χ1n) is 19.3. The van der Waals surface area contributed by atoms with Gasteiger partial charge in [-0.1, -0.05) is 0 Å².